The van der Waals surface area contributed by atoms with Crippen LogP contribution in [0.3, 0.4) is 0 Å². The monoisotopic (exact) mass is 379 g/mol. The third-order valence-electron chi connectivity index (χ3n) is 6.55. The van der Waals surface area contributed by atoms with Gasteiger partial charge in [-0.2, -0.15) is 0 Å². The van der Waals surface area contributed by atoms with E-state index in [0.717, 1.165) is 42.6 Å². The maximum atomic E-state index is 14.0. The number of fused-ring (bicyclic) bond motifs is 1. The van der Waals surface area contributed by atoms with Gasteiger partial charge in [-0.05, 0) is 86.1 Å². The van der Waals surface area contributed by atoms with Crippen LogP contribution in [-0.2, 0) is 4.74 Å². The number of benzene rings is 2. The van der Waals surface area contributed by atoms with Crippen molar-refractivity contribution in [2.45, 2.75) is 50.9 Å². The highest BCUT2D eigenvalue weighted by molar-refractivity contribution is 5.89. The summed E-state index contributed by atoms with van der Waals surface area (Å²) in [5.41, 5.74) is 5.50. The third-order valence-corrected chi connectivity index (χ3v) is 6.55. The van der Waals surface area contributed by atoms with E-state index in [2.05, 4.69) is 4.57 Å². The van der Waals surface area contributed by atoms with Crippen LogP contribution in [0, 0.1) is 12.7 Å². The number of aryl methyl sites for hydroxylation is 1. The van der Waals surface area contributed by atoms with E-state index in [1.165, 1.54) is 30.5 Å². The number of hydrogen-bond acceptors (Lipinski definition) is 2. The highest BCUT2D eigenvalue weighted by atomic mass is 19.1. The molecule has 0 unspecified atom stereocenters. The first-order valence-corrected chi connectivity index (χ1v) is 10.3. The Hall–Kier alpha value is -2.33. The van der Waals surface area contributed by atoms with Crippen LogP contribution in [0.15, 0.2) is 36.4 Å². The van der Waals surface area contributed by atoms with E-state index >= 15 is 0 Å². The average molecular weight is 379 g/mol. The predicted molar refractivity (Wildman–Crippen MR) is 109 cm³/mol. The highest BCUT2D eigenvalue weighted by Gasteiger charge is 2.33. The number of phenols is 1. The first-order valence-electron chi connectivity index (χ1n) is 10.3. The molecule has 0 atom stereocenters. The van der Waals surface area contributed by atoms with E-state index in [1.807, 2.05) is 31.2 Å². The molecule has 5 rings (SSSR count). The summed E-state index contributed by atoms with van der Waals surface area (Å²) in [5, 5.41) is 11.4. The number of ether oxygens (including phenoxy) is 1. The zero-order valence-electron chi connectivity index (χ0n) is 16.2. The third kappa shape index (κ3) is 2.82. The van der Waals surface area contributed by atoms with Crippen LogP contribution in [0.1, 0.15) is 60.8 Å². The van der Waals surface area contributed by atoms with Crippen LogP contribution >= 0.6 is 0 Å². The second-order valence-electron chi connectivity index (χ2n) is 8.28. The quantitative estimate of drug-likeness (QED) is 0.611. The average Bonchev–Trinajstić information content (AvgIpc) is 2.97. The molecule has 2 aromatic carbocycles. The first-order chi connectivity index (χ1) is 13.6. The molecule has 0 bridgehead atoms. The van der Waals surface area contributed by atoms with Crippen LogP contribution in [0.4, 0.5) is 4.39 Å². The van der Waals surface area contributed by atoms with Crippen molar-refractivity contribution in [2.24, 2.45) is 0 Å². The zero-order chi connectivity index (χ0) is 19.3. The van der Waals surface area contributed by atoms with Gasteiger partial charge in [0, 0.05) is 35.9 Å². The second-order valence-corrected chi connectivity index (χ2v) is 8.28. The fraction of sp³-hybridized carbons (Fsp3) is 0.417. The number of nitrogens with zero attached hydrogens (tertiary/aromatic N) is 1. The molecule has 1 aliphatic carbocycles. The Morgan fingerprint density at radius 3 is 2.46 bits per heavy atom. The van der Waals surface area contributed by atoms with Crippen molar-refractivity contribution < 1.29 is 14.2 Å². The van der Waals surface area contributed by atoms with E-state index < -0.39 is 0 Å². The Morgan fingerprint density at radius 1 is 1.00 bits per heavy atom. The molecule has 1 saturated heterocycles. The van der Waals surface area contributed by atoms with Gasteiger partial charge in [0.2, 0.25) is 0 Å². The molecule has 2 fully saturated rings. The zero-order valence-corrected chi connectivity index (χ0v) is 16.2. The van der Waals surface area contributed by atoms with Crippen molar-refractivity contribution in [1.29, 1.82) is 0 Å². The van der Waals surface area contributed by atoms with Crippen LogP contribution in [0.2, 0.25) is 0 Å². The molecule has 1 saturated carbocycles. The molecule has 2 aliphatic rings. The molecule has 1 N–H and O–H groups in total. The number of phenolic OH excluding ortho intramolecular Hbond substituents is 1. The molecule has 3 nitrogen and oxygen atoms in total. The van der Waals surface area contributed by atoms with Crippen molar-refractivity contribution in [3.63, 3.8) is 0 Å². The lowest BCUT2D eigenvalue weighted by molar-refractivity contribution is 0.0839. The van der Waals surface area contributed by atoms with Crippen molar-refractivity contribution in [3.8, 4) is 11.4 Å². The normalized spacial score (nSPS) is 18.5. The fourth-order valence-corrected chi connectivity index (χ4v) is 4.87. The number of halogens is 1. The first kappa shape index (κ1) is 17.7. The molecular formula is C24H26FNO2. The molecule has 28 heavy (non-hydrogen) atoms. The summed E-state index contributed by atoms with van der Waals surface area (Å²) in [5.74, 6) is 1.10. The molecule has 1 aliphatic heterocycles. The summed E-state index contributed by atoms with van der Waals surface area (Å²) in [7, 11) is 0. The lowest BCUT2D eigenvalue weighted by Crippen LogP contribution is -2.20. The molecule has 1 aromatic heterocycles. The molecule has 0 radical (unpaired) electrons. The summed E-state index contributed by atoms with van der Waals surface area (Å²) in [6.45, 7) is 3.38. The summed E-state index contributed by atoms with van der Waals surface area (Å²) in [6, 6.07) is 11.1. The van der Waals surface area contributed by atoms with Gasteiger partial charge in [0.15, 0.2) is 0 Å². The standard InChI is InChI=1S/C24H26FNO2/c1-15-13-18(5-7-21(15)25)26-22-8-6-19(27)14-20(22)23(16-3-2-4-16)24(26)17-9-11-28-12-10-17/h5-8,13-14,16-17,27H,2-4,9-12H2,1H3. The van der Waals surface area contributed by atoms with E-state index in [0.29, 0.717) is 23.1 Å². The second kappa shape index (κ2) is 6.93. The lowest BCUT2D eigenvalue weighted by atomic mass is 9.76. The number of aromatic nitrogens is 1. The number of rotatable bonds is 3. The summed E-state index contributed by atoms with van der Waals surface area (Å²) in [6.07, 6.45) is 5.67. The lowest BCUT2D eigenvalue weighted by Gasteiger charge is -2.31. The molecule has 4 heteroatoms. The van der Waals surface area contributed by atoms with Crippen molar-refractivity contribution in [3.05, 3.63) is 59.0 Å². The van der Waals surface area contributed by atoms with E-state index in [-0.39, 0.29) is 5.82 Å². The van der Waals surface area contributed by atoms with E-state index in [9.17, 15) is 9.50 Å². The van der Waals surface area contributed by atoms with Gasteiger partial charge in [-0.1, -0.05) is 6.42 Å². The predicted octanol–water partition coefficient (Wildman–Crippen LogP) is 5.95. The van der Waals surface area contributed by atoms with Crippen LogP contribution in [0.25, 0.3) is 16.6 Å². The van der Waals surface area contributed by atoms with Crippen LogP contribution in [-0.4, -0.2) is 22.9 Å². The van der Waals surface area contributed by atoms with Gasteiger partial charge in [-0.15, -0.1) is 0 Å². The minimum atomic E-state index is -0.176. The van der Waals surface area contributed by atoms with Gasteiger partial charge in [0.25, 0.3) is 0 Å². The summed E-state index contributed by atoms with van der Waals surface area (Å²) >= 11 is 0. The maximum absolute atomic E-state index is 14.0. The minimum Gasteiger partial charge on any atom is -0.508 e. The number of aromatic hydroxyl groups is 1. The molecule has 3 aromatic rings. The minimum absolute atomic E-state index is 0.176. The Bertz CT molecular complexity index is 1030. The topological polar surface area (TPSA) is 34.4 Å². The van der Waals surface area contributed by atoms with Crippen molar-refractivity contribution >= 4 is 10.9 Å². The molecule has 0 amide bonds. The van der Waals surface area contributed by atoms with Crippen molar-refractivity contribution in [1.82, 2.24) is 4.57 Å². The van der Waals surface area contributed by atoms with Crippen LogP contribution < -0.4 is 0 Å². The SMILES string of the molecule is Cc1cc(-n2c(C3CCOCC3)c(C3CCC3)c3cc(O)ccc32)ccc1F. The van der Waals surface area contributed by atoms with Gasteiger partial charge in [-0.25, -0.2) is 4.39 Å². The Morgan fingerprint density at radius 2 is 1.79 bits per heavy atom. The van der Waals surface area contributed by atoms with Crippen molar-refractivity contribution in [2.75, 3.05) is 13.2 Å². The Kier molecular flexibility index (Phi) is 4.39. The fourth-order valence-electron chi connectivity index (χ4n) is 4.87. The van der Waals surface area contributed by atoms with E-state index in [1.54, 1.807) is 12.1 Å². The molecule has 0 spiro atoms. The largest absolute Gasteiger partial charge is 0.508 e. The Labute approximate surface area is 164 Å². The summed E-state index contributed by atoms with van der Waals surface area (Å²) in [4.78, 5) is 0. The Balaban J connectivity index is 1.82. The molecular weight excluding hydrogens is 353 g/mol. The van der Waals surface area contributed by atoms with Gasteiger partial charge in [-0.3, -0.25) is 0 Å². The number of hydrogen-bond donors (Lipinski definition) is 1. The maximum Gasteiger partial charge on any atom is 0.126 e. The van der Waals surface area contributed by atoms with Gasteiger partial charge < -0.3 is 14.4 Å². The van der Waals surface area contributed by atoms with Gasteiger partial charge in [0.05, 0.1) is 5.52 Å². The molecule has 146 valence electrons. The highest BCUT2D eigenvalue weighted by Crippen LogP contribution is 2.48. The smallest absolute Gasteiger partial charge is 0.126 e. The molecule has 2 heterocycles. The van der Waals surface area contributed by atoms with Crippen LogP contribution in [0.5, 0.6) is 5.75 Å². The van der Waals surface area contributed by atoms with E-state index in [4.69, 9.17) is 4.74 Å². The summed E-state index contributed by atoms with van der Waals surface area (Å²) < 4.78 is 21.9. The van der Waals surface area contributed by atoms with Gasteiger partial charge in [0.1, 0.15) is 11.6 Å². The van der Waals surface area contributed by atoms with Gasteiger partial charge >= 0.3 is 0 Å².